The molecule has 3 nitrogen and oxygen atoms in total. The molecule has 0 aliphatic carbocycles. The number of nitrogens with zero attached hydrogens (tertiary/aromatic N) is 3. The van der Waals surface area contributed by atoms with Crippen molar-refractivity contribution in [3.05, 3.63) is 22.5 Å². The summed E-state index contributed by atoms with van der Waals surface area (Å²) >= 11 is 1.25. The van der Waals surface area contributed by atoms with Crippen molar-refractivity contribution < 1.29 is 8.78 Å². The Balaban J connectivity index is 2.52. The first-order valence-corrected chi connectivity index (χ1v) is 4.83. The van der Waals surface area contributed by atoms with Crippen molar-refractivity contribution in [1.29, 1.82) is 0 Å². The van der Waals surface area contributed by atoms with Gasteiger partial charge in [-0.3, -0.25) is 0 Å². The van der Waals surface area contributed by atoms with Crippen molar-refractivity contribution in [1.82, 2.24) is 15.0 Å². The lowest BCUT2D eigenvalue weighted by Gasteiger charge is -2.01. The highest BCUT2D eigenvalue weighted by Crippen LogP contribution is 2.33. The molecule has 0 unspecified atom stereocenters. The second kappa shape index (κ2) is 3.45. The molecule has 2 aromatic rings. The highest BCUT2D eigenvalue weighted by atomic mass is 32.1. The van der Waals surface area contributed by atoms with E-state index in [1.54, 1.807) is 12.4 Å². The molecule has 0 saturated heterocycles. The summed E-state index contributed by atoms with van der Waals surface area (Å²) in [6.07, 6.45) is -0.973. The average molecular weight is 215 g/mol. The van der Waals surface area contributed by atoms with E-state index in [1.165, 1.54) is 27.6 Å². The quantitative estimate of drug-likeness (QED) is 0.770. The van der Waals surface area contributed by atoms with Gasteiger partial charge < -0.3 is 0 Å². The topological polar surface area (TPSA) is 30.7 Å². The minimum atomic E-state index is -2.45. The fourth-order valence-electron chi connectivity index (χ4n) is 1.22. The lowest BCUT2D eigenvalue weighted by Crippen LogP contribution is -1.95. The maximum absolute atomic E-state index is 12.5. The van der Waals surface area contributed by atoms with Crippen LogP contribution in [0.4, 0.5) is 8.78 Å². The molecule has 0 N–H and O–H groups in total. The van der Waals surface area contributed by atoms with Crippen molar-refractivity contribution in [2.75, 3.05) is 0 Å². The van der Waals surface area contributed by atoms with Crippen LogP contribution in [-0.4, -0.2) is 15.0 Å². The molecule has 74 valence electrons. The largest absolute Gasteiger partial charge is 0.265 e. The molecule has 0 bridgehead atoms. The van der Waals surface area contributed by atoms with Crippen LogP contribution >= 0.6 is 11.3 Å². The van der Waals surface area contributed by atoms with E-state index in [-0.39, 0.29) is 5.56 Å². The number of thiophene rings is 1. The van der Waals surface area contributed by atoms with Gasteiger partial charge in [-0.15, -0.1) is 5.10 Å². The zero-order chi connectivity index (χ0) is 10.1. The first-order chi connectivity index (χ1) is 6.70. The Labute approximate surface area is 83.0 Å². The first kappa shape index (κ1) is 9.26. The average Bonchev–Trinajstić information content (AvgIpc) is 2.70. The molecule has 0 radical (unpaired) electrons. The molecular weight excluding hydrogens is 208 g/mol. The third kappa shape index (κ3) is 1.41. The smallest absolute Gasteiger partial charge is 0.248 e. The molecule has 0 amide bonds. The van der Waals surface area contributed by atoms with Crippen molar-refractivity contribution >= 4 is 11.3 Å². The Morgan fingerprint density at radius 2 is 2.21 bits per heavy atom. The Hall–Kier alpha value is -1.30. The van der Waals surface area contributed by atoms with E-state index in [2.05, 4.69) is 10.3 Å². The summed E-state index contributed by atoms with van der Waals surface area (Å²) in [6.45, 7) is 0. The molecule has 0 atom stereocenters. The van der Waals surface area contributed by atoms with Crippen molar-refractivity contribution in [2.45, 2.75) is 6.43 Å². The minimum Gasteiger partial charge on any atom is -0.248 e. The van der Waals surface area contributed by atoms with Gasteiger partial charge in [-0.2, -0.15) is 11.3 Å². The van der Waals surface area contributed by atoms with Crippen molar-refractivity contribution in [2.24, 2.45) is 7.05 Å². The highest BCUT2D eigenvalue weighted by molar-refractivity contribution is 7.08. The third-order valence-corrected chi connectivity index (χ3v) is 2.68. The molecule has 0 spiro atoms. The number of rotatable bonds is 2. The minimum absolute atomic E-state index is 0.0420. The maximum Gasteiger partial charge on any atom is 0.265 e. The second-order valence-corrected chi connectivity index (χ2v) is 3.53. The summed E-state index contributed by atoms with van der Waals surface area (Å²) in [5.41, 5.74) is 1.17. The lowest BCUT2D eigenvalue weighted by atomic mass is 10.1. The molecule has 0 aliphatic rings. The lowest BCUT2D eigenvalue weighted by molar-refractivity contribution is 0.152. The Kier molecular flexibility index (Phi) is 2.28. The SMILES string of the molecule is Cn1nncc1-c1cscc1C(F)F. The summed E-state index contributed by atoms with van der Waals surface area (Å²) in [7, 11) is 1.68. The van der Waals surface area contributed by atoms with Gasteiger partial charge in [0, 0.05) is 28.9 Å². The fraction of sp³-hybridized carbons (Fsp3) is 0.250. The Morgan fingerprint density at radius 1 is 1.43 bits per heavy atom. The van der Waals surface area contributed by atoms with Crippen LogP contribution in [-0.2, 0) is 7.05 Å². The van der Waals surface area contributed by atoms with Crippen LogP contribution in [0.5, 0.6) is 0 Å². The Morgan fingerprint density at radius 3 is 2.79 bits per heavy atom. The van der Waals surface area contributed by atoms with E-state index in [0.29, 0.717) is 11.3 Å². The van der Waals surface area contributed by atoms with Crippen LogP contribution in [0.1, 0.15) is 12.0 Å². The van der Waals surface area contributed by atoms with Crippen LogP contribution in [0, 0.1) is 0 Å². The van der Waals surface area contributed by atoms with Gasteiger partial charge in [0.2, 0.25) is 0 Å². The highest BCUT2D eigenvalue weighted by Gasteiger charge is 2.17. The molecule has 14 heavy (non-hydrogen) atoms. The van der Waals surface area contributed by atoms with Gasteiger partial charge >= 0.3 is 0 Å². The number of hydrogen-bond acceptors (Lipinski definition) is 3. The number of aryl methyl sites for hydroxylation is 1. The van der Waals surface area contributed by atoms with Crippen LogP contribution in [0.2, 0.25) is 0 Å². The van der Waals surface area contributed by atoms with Gasteiger partial charge in [0.05, 0.1) is 11.9 Å². The molecular formula is C8H7F2N3S. The van der Waals surface area contributed by atoms with E-state index >= 15 is 0 Å². The first-order valence-electron chi connectivity index (χ1n) is 3.89. The molecule has 6 heteroatoms. The summed E-state index contributed by atoms with van der Waals surface area (Å²) in [4.78, 5) is 0. The van der Waals surface area contributed by atoms with Crippen LogP contribution in [0.3, 0.4) is 0 Å². The van der Waals surface area contributed by atoms with Gasteiger partial charge in [0.25, 0.3) is 6.43 Å². The van der Waals surface area contributed by atoms with Gasteiger partial charge in [0.1, 0.15) is 0 Å². The Bertz CT molecular complexity index is 435. The number of aromatic nitrogens is 3. The molecule has 2 aromatic heterocycles. The van der Waals surface area contributed by atoms with E-state index in [1.807, 2.05) is 0 Å². The molecule has 0 aromatic carbocycles. The molecule has 2 heterocycles. The van der Waals surface area contributed by atoms with Crippen LogP contribution in [0.15, 0.2) is 17.0 Å². The van der Waals surface area contributed by atoms with Gasteiger partial charge in [-0.1, -0.05) is 5.21 Å². The van der Waals surface area contributed by atoms with E-state index in [9.17, 15) is 8.78 Å². The number of hydrogen-bond donors (Lipinski definition) is 0. The van der Waals surface area contributed by atoms with Crippen molar-refractivity contribution in [3.63, 3.8) is 0 Å². The fourth-order valence-corrected chi connectivity index (χ4v) is 2.06. The summed E-state index contributed by atoms with van der Waals surface area (Å²) in [5, 5.41) is 10.5. The molecule has 0 saturated carbocycles. The van der Waals surface area contributed by atoms with Crippen molar-refractivity contribution in [3.8, 4) is 11.3 Å². The van der Waals surface area contributed by atoms with Crippen LogP contribution < -0.4 is 0 Å². The van der Waals surface area contributed by atoms with E-state index in [0.717, 1.165) is 0 Å². The predicted molar refractivity (Wildman–Crippen MR) is 49.3 cm³/mol. The summed E-state index contributed by atoms with van der Waals surface area (Å²) in [5.74, 6) is 0. The van der Waals surface area contributed by atoms with Gasteiger partial charge in [0.15, 0.2) is 0 Å². The summed E-state index contributed by atoms with van der Waals surface area (Å²) < 4.78 is 26.6. The zero-order valence-electron chi connectivity index (χ0n) is 7.32. The van der Waals surface area contributed by atoms with Gasteiger partial charge in [-0.25, -0.2) is 13.5 Å². The number of alkyl halides is 2. The van der Waals surface area contributed by atoms with Gasteiger partial charge in [-0.05, 0) is 0 Å². The number of halogens is 2. The normalized spacial score (nSPS) is 11.1. The zero-order valence-corrected chi connectivity index (χ0v) is 8.13. The second-order valence-electron chi connectivity index (χ2n) is 2.78. The standard InChI is InChI=1S/C8H7F2N3S/c1-13-7(2-11-12-13)5-3-14-4-6(5)8(9)10/h2-4,8H,1H3. The van der Waals surface area contributed by atoms with Crippen LogP contribution in [0.25, 0.3) is 11.3 Å². The van der Waals surface area contributed by atoms with E-state index < -0.39 is 6.43 Å². The third-order valence-electron chi connectivity index (χ3n) is 1.92. The predicted octanol–water partition coefficient (Wildman–Crippen LogP) is 2.48. The van der Waals surface area contributed by atoms with E-state index in [4.69, 9.17) is 0 Å². The molecule has 0 aliphatic heterocycles. The molecule has 2 rings (SSSR count). The maximum atomic E-state index is 12.5. The monoisotopic (exact) mass is 215 g/mol. The summed E-state index contributed by atoms with van der Waals surface area (Å²) in [6, 6.07) is 0. The molecule has 0 fully saturated rings.